The molecule has 1 aromatic rings. The maximum absolute atomic E-state index is 10.6. The molecule has 0 bridgehead atoms. The number of amides is 1. The Kier molecular flexibility index (Phi) is 19.1. The van der Waals surface area contributed by atoms with Crippen molar-refractivity contribution in [2.24, 2.45) is 17.1 Å². The Labute approximate surface area is 243 Å². The summed E-state index contributed by atoms with van der Waals surface area (Å²) in [6.07, 6.45) is 21.5. The van der Waals surface area contributed by atoms with E-state index in [1.54, 1.807) is 0 Å². The van der Waals surface area contributed by atoms with Crippen molar-refractivity contribution in [3.8, 4) is 0 Å². The Balaban J connectivity index is 1.51. The number of hydrogen-bond donors (Lipinski definition) is 1. The number of primary amides is 1. The molecule has 0 radical (unpaired) electrons. The first-order valence-corrected chi connectivity index (χ1v) is 16.0. The van der Waals surface area contributed by atoms with E-state index in [1.807, 2.05) is 10.9 Å². The van der Waals surface area contributed by atoms with Crippen molar-refractivity contribution in [1.29, 1.82) is 0 Å². The highest BCUT2D eigenvalue weighted by Gasteiger charge is 2.26. The fourth-order valence-corrected chi connectivity index (χ4v) is 5.73. The van der Waals surface area contributed by atoms with Crippen LogP contribution in [-0.4, -0.2) is 67.1 Å². The lowest BCUT2D eigenvalue weighted by atomic mass is 9.73. The predicted molar refractivity (Wildman–Crippen MR) is 158 cm³/mol. The third-order valence-corrected chi connectivity index (χ3v) is 7.93. The van der Waals surface area contributed by atoms with Gasteiger partial charge in [-0.05, 0) is 37.0 Å². The molecule has 1 saturated carbocycles. The van der Waals surface area contributed by atoms with E-state index in [9.17, 15) is 4.79 Å². The average Bonchev–Trinajstić information content (AvgIpc) is 3.37. The second kappa shape index (κ2) is 22.1. The number of carbonyl (C=O) groups is 1. The van der Waals surface area contributed by atoms with E-state index in [0.717, 1.165) is 24.6 Å². The molecule has 9 nitrogen and oxygen atoms in total. The van der Waals surface area contributed by atoms with Crippen LogP contribution in [0, 0.1) is 11.3 Å². The summed E-state index contributed by atoms with van der Waals surface area (Å²) in [5.41, 5.74) is 6.38. The lowest BCUT2D eigenvalue weighted by molar-refractivity contribution is -0.119. The largest absolute Gasteiger partial charge is 0.379 e. The van der Waals surface area contributed by atoms with Crippen LogP contribution < -0.4 is 5.73 Å². The number of ether oxygens (including phenoxy) is 4. The minimum Gasteiger partial charge on any atom is -0.379 e. The number of aryl methyl sites for hydroxylation is 1. The molecule has 232 valence electrons. The highest BCUT2D eigenvalue weighted by atomic mass is 16.6. The topological polar surface area (TPSA) is 111 Å². The molecule has 1 heterocycles. The molecule has 1 aliphatic rings. The van der Waals surface area contributed by atoms with Crippen LogP contribution in [0.1, 0.15) is 116 Å². The first-order valence-electron chi connectivity index (χ1n) is 16.0. The van der Waals surface area contributed by atoms with Gasteiger partial charge in [-0.2, -0.15) is 0 Å². The standard InChI is InChI=1S/C31H58N4O5/c1-28-13-9-7-5-3-4-6-8-10-15-31(2,25-28)16-11-12-17-35-26-29(33-34-35)27-40-24-23-39-22-21-38-20-19-37-18-14-30(32)36/h26,28H,3-25,27H2,1-2H3,(H2,32,36). The summed E-state index contributed by atoms with van der Waals surface area (Å²) in [6, 6.07) is 0. The molecule has 1 aliphatic carbocycles. The zero-order valence-corrected chi connectivity index (χ0v) is 25.6. The zero-order chi connectivity index (χ0) is 28.7. The fraction of sp³-hybridized carbons (Fsp3) is 0.903. The van der Waals surface area contributed by atoms with Crippen molar-refractivity contribution >= 4 is 5.91 Å². The van der Waals surface area contributed by atoms with E-state index in [-0.39, 0.29) is 12.3 Å². The van der Waals surface area contributed by atoms with Crippen LogP contribution >= 0.6 is 0 Å². The van der Waals surface area contributed by atoms with Gasteiger partial charge >= 0.3 is 0 Å². The quantitative estimate of drug-likeness (QED) is 0.210. The number of carbonyl (C=O) groups excluding carboxylic acids is 1. The van der Waals surface area contributed by atoms with Gasteiger partial charge in [-0.3, -0.25) is 9.48 Å². The first kappa shape index (κ1) is 34.7. The molecule has 2 rings (SSSR count). The van der Waals surface area contributed by atoms with Crippen LogP contribution in [0.15, 0.2) is 6.20 Å². The van der Waals surface area contributed by atoms with Crippen LogP contribution in [0.25, 0.3) is 0 Å². The summed E-state index contributed by atoms with van der Waals surface area (Å²) in [5.74, 6) is 0.483. The van der Waals surface area contributed by atoms with Crippen molar-refractivity contribution < 1.29 is 23.7 Å². The molecule has 0 saturated heterocycles. The van der Waals surface area contributed by atoms with Crippen LogP contribution in [0.2, 0.25) is 0 Å². The van der Waals surface area contributed by atoms with Crippen molar-refractivity contribution in [2.75, 3.05) is 46.2 Å². The normalized spacial score (nSPS) is 21.4. The fourth-order valence-electron chi connectivity index (χ4n) is 5.73. The van der Waals surface area contributed by atoms with Crippen molar-refractivity contribution in [2.45, 2.75) is 123 Å². The third-order valence-electron chi connectivity index (χ3n) is 7.93. The van der Waals surface area contributed by atoms with Crippen molar-refractivity contribution in [1.82, 2.24) is 15.0 Å². The van der Waals surface area contributed by atoms with Crippen LogP contribution in [0.3, 0.4) is 0 Å². The molecule has 9 heteroatoms. The van der Waals surface area contributed by atoms with E-state index in [1.165, 1.54) is 83.5 Å². The maximum atomic E-state index is 10.6. The Bertz CT molecular complexity index is 762. The summed E-state index contributed by atoms with van der Waals surface area (Å²) in [7, 11) is 0. The summed E-state index contributed by atoms with van der Waals surface area (Å²) >= 11 is 0. The predicted octanol–water partition coefficient (Wildman–Crippen LogP) is 5.84. The van der Waals surface area contributed by atoms with Crippen LogP contribution in [-0.2, 0) is 36.9 Å². The molecule has 40 heavy (non-hydrogen) atoms. The lowest BCUT2D eigenvalue weighted by Gasteiger charge is -2.33. The van der Waals surface area contributed by atoms with Crippen molar-refractivity contribution in [3.05, 3.63) is 11.9 Å². The van der Waals surface area contributed by atoms with Crippen LogP contribution in [0.5, 0.6) is 0 Å². The van der Waals surface area contributed by atoms with Gasteiger partial charge in [0.2, 0.25) is 5.91 Å². The molecular formula is C31H58N4O5. The molecule has 1 amide bonds. The highest BCUT2D eigenvalue weighted by Crippen LogP contribution is 2.39. The van der Waals surface area contributed by atoms with Gasteiger partial charge in [0.1, 0.15) is 5.69 Å². The van der Waals surface area contributed by atoms with Gasteiger partial charge in [0.25, 0.3) is 0 Å². The van der Waals surface area contributed by atoms with Gasteiger partial charge in [-0.15, -0.1) is 5.10 Å². The van der Waals surface area contributed by atoms with E-state index >= 15 is 0 Å². The SMILES string of the molecule is CC1CCCCCCCCCCC(C)(CCCCn2cc(COCCOCCOCCOCCC(N)=O)nn2)C1. The van der Waals surface area contributed by atoms with E-state index in [0.29, 0.717) is 58.3 Å². The average molecular weight is 567 g/mol. The molecule has 1 aromatic heterocycles. The number of rotatable bonds is 19. The minimum absolute atomic E-state index is 0.235. The monoisotopic (exact) mass is 566 g/mol. The zero-order valence-electron chi connectivity index (χ0n) is 25.6. The molecule has 2 N–H and O–H groups in total. The number of aromatic nitrogens is 3. The molecule has 0 aliphatic heterocycles. The Hall–Kier alpha value is -1.55. The lowest BCUT2D eigenvalue weighted by Crippen LogP contribution is -2.20. The summed E-state index contributed by atoms with van der Waals surface area (Å²) in [6.45, 7) is 9.62. The molecular weight excluding hydrogens is 508 g/mol. The van der Waals surface area contributed by atoms with Gasteiger partial charge in [-0.25, -0.2) is 0 Å². The molecule has 2 unspecified atom stereocenters. The molecule has 0 aromatic carbocycles. The van der Waals surface area contributed by atoms with Gasteiger partial charge < -0.3 is 24.7 Å². The van der Waals surface area contributed by atoms with E-state index in [4.69, 9.17) is 24.7 Å². The Morgan fingerprint density at radius 1 is 0.900 bits per heavy atom. The summed E-state index contributed by atoms with van der Waals surface area (Å²) in [4.78, 5) is 10.6. The number of unbranched alkanes of at least 4 members (excludes halogenated alkanes) is 1. The van der Waals surface area contributed by atoms with Gasteiger partial charge in [0.15, 0.2) is 0 Å². The first-order chi connectivity index (χ1) is 19.5. The van der Waals surface area contributed by atoms with Gasteiger partial charge in [-0.1, -0.05) is 83.3 Å². The second-order valence-corrected chi connectivity index (χ2v) is 12.0. The van der Waals surface area contributed by atoms with E-state index in [2.05, 4.69) is 24.2 Å². The highest BCUT2D eigenvalue weighted by molar-refractivity contribution is 5.73. The van der Waals surface area contributed by atoms with E-state index < -0.39 is 0 Å². The molecule has 1 fully saturated rings. The molecule has 0 spiro atoms. The number of nitrogens with zero attached hydrogens (tertiary/aromatic N) is 3. The third kappa shape index (κ3) is 18.0. The number of hydrogen-bond acceptors (Lipinski definition) is 7. The smallest absolute Gasteiger partial charge is 0.219 e. The summed E-state index contributed by atoms with van der Waals surface area (Å²) in [5, 5.41) is 8.56. The van der Waals surface area contributed by atoms with Crippen LogP contribution in [0.4, 0.5) is 0 Å². The second-order valence-electron chi connectivity index (χ2n) is 12.0. The Morgan fingerprint density at radius 2 is 1.50 bits per heavy atom. The van der Waals surface area contributed by atoms with Gasteiger partial charge in [0, 0.05) is 13.0 Å². The maximum Gasteiger partial charge on any atom is 0.219 e. The Morgan fingerprint density at radius 3 is 2.17 bits per heavy atom. The van der Waals surface area contributed by atoms with Gasteiger partial charge in [0.05, 0.1) is 59.1 Å². The molecule has 2 atom stereocenters. The van der Waals surface area contributed by atoms with Crippen molar-refractivity contribution in [3.63, 3.8) is 0 Å². The summed E-state index contributed by atoms with van der Waals surface area (Å²) < 4.78 is 23.8. The number of nitrogens with two attached hydrogens (primary N) is 1. The minimum atomic E-state index is -0.359.